The molecule has 0 saturated heterocycles. The van der Waals surface area contributed by atoms with E-state index in [1.54, 1.807) is 0 Å². The summed E-state index contributed by atoms with van der Waals surface area (Å²) in [7, 11) is 0. The molecule has 1 nitrogen and oxygen atoms in total. The van der Waals surface area contributed by atoms with Crippen LogP contribution in [0.4, 0.5) is 74.6 Å². The van der Waals surface area contributed by atoms with Gasteiger partial charge in [-0.15, -0.1) is 0 Å². The molecule has 0 amide bonds. The van der Waals surface area contributed by atoms with E-state index < -0.39 is 66.9 Å². The zero-order valence-electron chi connectivity index (χ0n) is 14.5. The number of halogens is 17. The van der Waals surface area contributed by atoms with Crippen LogP contribution in [0.1, 0.15) is 25.7 Å². The summed E-state index contributed by atoms with van der Waals surface area (Å²) in [5, 5.41) is 0. The molecule has 0 radical (unpaired) electrons. The van der Waals surface area contributed by atoms with Crippen LogP contribution in [-0.4, -0.2) is 54.2 Å². The Morgan fingerprint density at radius 3 is 1.03 bits per heavy atom. The van der Waals surface area contributed by atoms with E-state index in [-0.39, 0.29) is 13.0 Å². The van der Waals surface area contributed by atoms with Crippen molar-refractivity contribution in [1.82, 2.24) is 0 Å². The Hall–Kier alpha value is -1.23. The summed E-state index contributed by atoms with van der Waals surface area (Å²) in [5.74, 6) is -55.8. The van der Waals surface area contributed by atoms with Gasteiger partial charge >= 0.3 is 47.6 Å². The molecule has 0 aliphatic heterocycles. The van der Waals surface area contributed by atoms with E-state index in [2.05, 4.69) is 0 Å². The Morgan fingerprint density at radius 1 is 0.387 bits per heavy atom. The fourth-order valence-electron chi connectivity index (χ4n) is 2.02. The van der Waals surface area contributed by atoms with E-state index >= 15 is 0 Å². The van der Waals surface area contributed by atoms with Crippen molar-refractivity contribution in [3.8, 4) is 0 Å². The van der Waals surface area contributed by atoms with E-state index in [1.165, 1.54) is 0 Å². The van der Waals surface area contributed by atoms with Crippen LogP contribution in [0.15, 0.2) is 0 Å². The Balaban J connectivity index is 6.37. The summed E-state index contributed by atoms with van der Waals surface area (Å²) in [6.45, 7) is -0.231. The maximum Gasteiger partial charge on any atom is 0.460 e. The third-order valence-electron chi connectivity index (χ3n) is 3.98. The van der Waals surface area contributed by atoms with Crippen LogP contribution in [0.25, 0.3) is 0 Å². The maximum atomic E-state index is 13.4. The second-order valence-corrected chi connectivity index (χ2v) is 6.25. The van der Waals surface area contributed by atoms with Crippen molar-refractivity contribution in [2.45, 2.75) is 73.3 Å². The molecule has 0 fully saturated rings. The van der Waals surface area contributed by atoms with E-state index in [0.717, 1.165) is 0 Å². The summed E-state index contributed by atoms with van der Waals surface area (Å²) in [5.41, 5.74) is 4.89. The van der Waals surface area contributed by atoms with Gasteiger partial charge in [-0.05, 0) is 19.4 Å². The predicted molar refractivity (Wildman–Crippen MR) is 68.2 cm³/mol. The second-order valence-electron chi connectivity index (χ2n) is 6.25. The third-order valence-corrected chi connectivity index (χ3v) is 3.98. The highest BCUT2D eigenvalue weighted by Gasteiger charge is 2.95. The third kappa shape index (κ3) is 4.36. The number of unbranched alkanes of at least 4 members (excludes halogenated alkanes) is 2. The minimum Gasteiger partial charge on any atom is -0.330 e. The molecule has 0 saturated carbocycles. The average molecular weight is 505 g/mol. The summed E-state index contributed by atoms with van der Waals surface area (Å²) in [6.07, 6.45) is -11.9. The van der Waals surface area contributed by atoms with E-state index in [4.69, 9.17) is 5.73 Å². The fourth-order valence-corrected chi connectivity index (χ4v) is 2.02. The van der Waals surface area contributed by atoms with Crippen LogP contribution < -0.4 is 5.73 Å². The topological polar surface area (TPSA) is 26.0 Å². The zero-order chi connectivity index (χ0) is 25.5. The number of hydrogen-bond donors (Lipinski definition) is 1. The van der Waals surface area contributed by atoms with Gasteiger partial charge in [0.2, 0.25) is 0 Å². The molecule has 0 aromatic rings. The van der Waals surface area contributed by atoms with Crippen molar-refractivity contribution >= 4 is 0 Å². The van der Waals surface area contributed by atoms with Gasteiger partial charge in [0.1, 0.15) is 0 Å². The zero-order valence-corrected chi connectivity index (χ0v) is 14.5. The molecule has 0 rings (SSSR count). The summed E-state index contributed by atoms with van der Waals surface area (Å²) in [6, 6.07) is 0. The van der Waals surface area contributed by atoms with Crippen molar-refractivity contribution in [2.75, 3.05) is 6.54 Å². The molecule has 2 N–H and O–H groups in total. The highest BCUT2D eigenvalue weighted by molar-refractivity contribution is 5.15. The van der Waals surface area contributed by atoms with Gasteiger partial charge in [-0.1, -0.05) is 6.42 Å². The van der Waals surface area contributed by atoms with E-state index in [9.17, 15) is 74.6 Å². The normalized spacial score (nSPS) is 16.1. The first-order valence-electron chi connectivity index (χ1n) is 7.72. The van der Waals surface area contributed by atoms with Crippen LogP contribution in [0.2, 0.25) is 0 Å². The molecule has 0 heterocycles. The van der Waals surface area contributed by atoms with Crippen molar-refractivity contribution in [2.24, 2.45) is 5.73 Å². The summed E-state index contributed by atoms with van der Waals surface area (Å²) < 4.78 is 221. The summed E-state index contributed by atoms with van der Waals surface area (Å²) >= 11 is 0. The lowest BCUT2D eigenvalue weighted by molar-refractivity contribution is -0.461. The minimum atomic E-state index is -8.58. The van der Waals surface area contributed by atoms with Crippen molar-refractivity contribution in [3.63, 3.8) is 0 Å². The highest BCUT2D eigenvalue weighted by atomic mass is 19.4. The first-order chi connectivity index (χ1) is 13.3. The van der Waals surface area contributed by atoms with Gasteiger partial charge in [-0.2, -0.15) is 74.6 Å². The molecule has 18 heteroatoms. The van der Waals surface area contributed by atoms with Gasteiger partial charge < -0.3 is 5.73 Å². The molecule has 0 aromatic heterocycles. The molecule has 0 spiro atoms. The molecule has 188 valence electrons. The van der Waals surface area contributed by atoms with Crippen LogP contribution in [-0.2, 0) is 0 Å². The predicted octanol–water partition coefficient (Wildman–Crippen LogP) is 6.51. The molecule has 0 aliphatic carbocycles. The number of rotatable bonds is 11. The Labute approximate surface area is 161 Å². The monoisotopic (exact) mass is 505 g/mol. The van der Waals surface area contributed by atoms with Crippen molar-refractivity contribution < 1.29 is 74.6 Å². The van der Waals surface area contributed by atoms with Crippen LogP contribution in [0.5, 0.6) is 0 Å². The SMILES string of the molecule is NCCCCCC(F)(F)C(F)(F)C(F)(F)C(F)(F)C(F)(F)C(F)(F)C(F)(F)C(F)(F)F. The molecule has 0 aromatic carbocycles. The second kappa shape index (κ2) is 8.28. The maximum absolute atomic E-state index is 13.4. The molecular weight excluding hydrogens is 493 g/mol. The standard InChI is InChI=1S/C13H12F17N/c14-6(15,4-2-1-3-5-31)7(16,17)8(18,19)9(20,21)10(22,23)11(24,25)12(26,27)13(28,29)30/h1-5,31H2. The van der Waals surface area contributed by atoms with Crippen LogP contribution in [0, 0.1) is 0 Å². The van der Waals surface area contributed by atoms with Gasteiger partial charge in [0.15, 0.2) is 0 Å². The lowest BCUT2D eigenvalue weighted by Crippen LogP contribution is -2.74. The van der Waals surface area contributed by atoms with Gasteiger partial charge in [0.25, 0.3) is 0 Å². The first-order valence-corrected chi connectivity index (χ1v) is 7.72. The van der Waals surface area contributed by atoms with E-state index in [0.29, 0.717) is 0 Å². The Kier molecular flexibility index (Phi) is 7.95. The Bertz CT molecular complexity index is 606. The van der Waals surface area contributed by atoms with E-state index in [1.807, 2.05) is 0 Å². The molecule has 0 atom stereocenters. The number of hydrogen-bond acceptors (Lipinski definition) is 1. The molecule has 31 heavy (non-hydrogen) atoms. The molecule has 0 aliphatic rings. The van der Waals surface area contributed by atoms with Gasteiger partial charge in [-0.3, -0.25) is 0 Å². The Morgan fingerprint density at radius 2 is 0.710 bits per heavy atom. The van der Waals surface area contributed by atoms with Crippen LogP contribution in [0.3, 0.4) is 0 Å². The lowest BCUT2D eigenvalue weighted by Gasteiger charge is -2.42. The smallest absolute Gasteiger partial charge is 0.330 e. The first kappa shape index (κ1) is 29.8. The highest BCUT2D eigenvalue weighted by Crippen LogP contribution is 2.64. The molecule has 0 unspecified atom stereocenters. The van der Waals surface area contributed by atoms with Gasteiger partial charge in [0.05, 0.1) is 0 Å². The molecular formula is C13H12F17N. The minimum absolute atomic E-state index is 0.176. The lowest BCUT2D eigenvalue weighted by atomic mass is 9.88. The summed E-state index contributed by atoms with van der Waals surface area (Å²) in [4.78, 5) is 0. The number of alkyl halides is 17. The average Bonchev–Trinajstić information content (AvgIpc) is 2.56. The van der Waals surface area contributed by atoms with Gasteiger partial charge in [0, 0.05) is 6.42 Å². The van der Waals surface area contributed by atoms with Crippen molar-refractivity contribution in [1.29, 1.82) is 0 Å². The largest absolute Gasteiger partial charge is 0.460 e. The van der Waals surface area contributed by atoms with Crippen molar-refractivity contribution in [3.05, 3.63) is 0 Å². The van der Waals surface area contributed by atoms with Crippen LogP contribution >= 0.6 is 0 Å². The quantitative estimate of drug-likeness (QED) is 0.252. The molecule has 0 bridgehead atoms. The fraction of sp³-hybridized carbons (Fsp3) is 1.00. The van der Waals surface area contributed by atoms with Gasteiger partial charge in [-0.25, -0.2) is 0 Å². The number of nitrogens with two attached hydrogens (primary N) is 1.